The minimum atomic E-state index is -0.562. The van der Waals surface area contributed by atoms with Crippen LogP contribution in [0.1, 0.15) is 39.0 Å². The zero-order chi connectivity index (χ0) is 10.2. The maximum absolute atomic E-state index is 11.7. The fourth-order valence-electron chi connectivity index (χ4n) is 2.79. The first-order valence-electron chi connectivity index (χ1n) is 5.32. The predicted octanol–water partition coefficient (Wildman–Crippen LogP) is 1.16. The highest BCUT2D eigenvalue weighted by Gasteiger charge is 2.53. The third kappa shape index (κ3) is 1.21. The molecule has 1 saturated heterocycles. The molecule has 0 unspecified atom stereocenters. The molecule has 2 rings (SSSR count). The Morgan fingerprint density at radius 3 is 2.86 bits per heavy atom. The van der Waals surface area contributed by atoms with E-state index < -0.39 is 5.54 Å². The van der Waals surface area contributed by atoms with Crippen molar-refractivity contribution in [3.63, 3.8) is 0 Å². The second-order valence-corrected chi connectivity index (χ2v) is 4.26. The third-order valence-electron chi connectivity index (χ3n) is 3.43. The number of amides is 3. The molecule has 2 aliphatic rings. The minimum Gasteiger partial charge on any atom is -0.323 e. The average Bonchev–Trinajstić information content (AvgIpc) is 2.61. The molecule has 14 heavy (non-hydrogen) atoms. The van der Waals surface area contributed by atoms with E-state index in [1.807, 2.05) is 0 Å². The molecule has 4 nitrogen and oxygen atoms in total. The van der Waals surface area contributed by atoms with Crippen LogP contribution in [0.15, 0.2) is 0 Å². The summed E-state index contributed by atoms with van der Waals surface area (Å²) in [7, 11) is 0. The smallest absolute Gasteiger partial charge is 0.322 e. The normalized spacial score (nSPS) is 36.2. The molecule has 2 N–H and O–H groups in total. The Kier molecular flexibility index (Phi) is 2.21. The molecule has 2 atom stereocenters. The summed E-state index contributed by atoms with van der Waals surface area (Å²) in [6.07, 6.45) is 4.98. The van der Waals surface area contributed by atoms with Gasteiger partial charge in [0.25, 0.3) is 5.91 Å². The van der Waals surface area contributed by atoms with Crippen LogP contribution in [0, 0.1) is 5.92 Å². The van der Waals surface area contributed by atoms with Crippen molar-refractivity contribution in [1.29, 1.82) is 0 Å². The Bertz CT molecular complexity index is 277. The standard InChI is InChI=1S/C10H16N2O2/c1-2-4-7-5-3-6-10(7)8(13)11-9(14)12-10/h7H,2-6H2,1H3,(H2,11,12,13,14)/t7-,10+/m1/s1. The van der Waals surface area contributed by atoms with Gasteiger partial charge in [0.05, 0.1) is 0 Å². The van der Waals surface area contributed by atoms with Crippen molar-refractivity contribution in [3.05, 3.63) is 0 Å². The number of carbonyl (C=O) groups excluding carboxylic acids is 2. The average molecular weight is 196 g/mol. The van der Waals surface area contributed by atoms with Crippen LogP contribution in [-0.2, 0) is 4.79 Å². The molecule has 1 heterocycles. The van der Waals surface area contributed by atoms with Crippen molar-refractivity contribution in [3.8, 4) is 0 Å². The van der Waals surface area contributed by atoms with E-state index >= 15 is 0 Å². The maximum atomic E-state index is 11.7. The first-order chi connectivity index (χ1) is 6.69. The van der Waals surface area contributed by atoms with E-state index in [1.165, 1.54) is 0 Å². The lowest BCUT2D eigenvalue weighted by molar-refractivity contribution is -0.125. The van der Waals surface area contributed by atoms with Crippen molar-refractivity contribution in [1.82, 2.24) is 10.6 Å². The molecule has 4 heteroatoms. The van der Waals surface area contributed by atoms with E-state index in [0.717, 1.165) is 32.1 Å². The van der Waals surface area contributed by atoms with Crippen LogP contribution in [0.3, 0.4) is 0 Å². The van der Waals surface area contributed by atoms with Crippen LogP contribution in [0.2, 0.25) is 0 Å². The summed E-state index contributed by atoms with van der Waals surface area (Å²) in [4.78, 5) is 22.8. The van der Waals surface area contributed by atoms with E-state index in [2.05, 4.69) is 17.6 Å². The number of rotatable bonds is 2. The van der Waals surface area contributed by atoms with Crippen LogP contribution >= 0.6 is 0 Å². The van der Waals surface area contributed by atoms with Crippen molar-refractivity contribution < 1.29 is 9.59 Å². The van der Waals surface area contributed by atoms with Gasteiger partial charge in [0, 0.05) is 0 Å². The lowest BCUT2D eigenvalue weighted by Gasteiger charge is -2.27. The van der Waals surface area contributed by atoms with Gasteiger partial charge >= 0.3 is 6.03 Å². The topological polar surface area (TPSA) is 58.2 Å². The number of hydrogen-bond acceptors (Lipinski definition) is 2. The summed E-state index contributed by atoms with van der Waals surface area (Å²) >= 11 is 0. The number of nitrogens with one attached hydrogen (secondary N) is 2. The number of carbonyl (C=O) groups is 2. The monoisotopic (exact) mass is 196 g/mol. The molecule has 1 aliphatic carbocycles. The van der Waals surface area contributed by atoms with Gasteiger partial charge in [0.1, 0.15) is 5.54 Å². The largest absolute Gasteiger partial charge is 0.323 e. The molecule has 0 bridgehead atoms. The molecule has 0 aromatic heterocycles. The summed E-state index contributed by atoms with van der Waals surface area (Å²) in [5.41, 5.74) is -0.562. The van der Waals surface area contributed by atoms with Gasteiger partial charge in [-0.25, -0.2) is 4.79 Å². The fraction of sp³-hybridized carbons (Fsp3) is 0.800. The molecule has 1 spiro atoms. The van der Waals surface area contributed by atoms with E-state index in [-0.39, 0.29) is 11.9 Å². The molecule has 78 valence electrons. The van der Waals surface area contributed by atoms with Gasteiger partial charge in [0.15, 0.2) is 0 Å². The molecule has 0 aromatic carbocycles. The fourth-order valence-corrected chi connectivity index (χ4v) is 2.79. The first kappa shape index (κ1) is 9.49. The van der Waals surface area contributed by atoms with Crippen LogP contribution in [0.25, 0.3) is 0 Å². The highest BCUT2D eigenvalue weighted by atomic mass is 16.2. The Morgan fingerprint density at radius 2 is 2.29 bits per heavy atom. The van der Waals surface area contributed by atoms with Crippen LogP contribution < -0.4 is 10.6 Å². The summed E-state index contributed by atoms with van der Waals surface area (Å²) < 4.78 is 0. The summed E-state index contributed by atoms with van der Waals surface area (Å²) in [6, 6.07) is -0.321. The molecule has 0 aromatic rings. The molecular formula is C10H16N2O2. The summed E-state index contributed by atoms with van der Waals surface area (Å²) in [5.74, 6) is 0.220. The highest BCUT2D eigenvalue weighted by molar-refractivity contribution is 6.07. The van der Waals surface area contributed by atoms with Crippen LogP contribution in [0.4, 0.5) is 4.79 Å². The lowest BCUT2D eigenvalue weighted by atomic mass is 9.84. The van der Waals surface area contributed by atoms with Gasteiger partial charge in [-0.2, -0.15) is 0 Å². The van der Waals surface area contributed by atoms with Gasteiger partial charge in [-0.15, -0.1) is 0 Å². The van der Waals surface area contributed by atoms with Crippen LogP contribution in [0.5, 0.6) is 0 Å². The maximum Gasteiger partial charge on any atom is 0.322 e. The first-order valence-corrected chi connectivity index (χ1v) is 5.32. The molecule has 0 radical (unpaired) electrons. The number of hydrogen-bond donors (Lipinski definition) is 2. The molecule has 3 amide bonds. The molecule has 1 saturated carbocycles. The summed E-state index contributed by atoms with van der Waals surface area (Å²) in [5, 5.41) is 5.16. The quantitative estimate of drug-likeness (QED) is 0.651. The zero-order valence-electron chi connectivity index (χ0n) is 8.43. The second-order valence-electron chi connectivity index (χ2n) is 4.26. The number of urea groups is 1. The Morgan fingerprint density at radius 1 is 1.50 bits per heavy atom. The Balaban J connectivity index is 2.21. The van der Waals surface area contributed by atoms with E-state index in [9.17, 15) is 9.59 Å². The molecular weight excluding hydrogens is 180 g/mol. The molecule has 2 fully saturated rings. The second kappa shape index (κ2) is 3.26. The predicted molar refractivity (Wildman–Crippen MR) is 51.7 cm³/mol. The zero-order valence-corrected chi connectivity index (χ0v) is 8.43. The highest BCUT2D eigenvalue weighted by Crippen LogP contribution is 2.40. The van der Waals surface area contributed by atoms with Crippen LogP contribution in [-0.4, -0.2) is 17.5 Å². The summed E-state index contributed by atoms with van der Waals surface area (Å²) in [6.45, 7) is 2.11. The SMILES string of the molecule is CCC[C@@H]1CCC[C@]12NC(=O)NC2=O. The lowest BCUT2D eigenvalue weighted by Crippen LogP contribution is -2.49. The van der Waals surface area contributed by atoms with Gasteiger partial charge < -0.3 is 5.32 Å². The number of imide groups is 1. The van der Waals surface area contributed by atoms with Crippen molar-refractivity contribution >= 4 is 11.9 Å². The molecule has 1 aliphatic heterocycles. The minimum absolute atomic E-state index is 0.113. The van der Waals surface area contributed by atoms with Crippen molar-refractivity contribution in [2.75, 3.05) is 0 Å². The van der Waals surface area contributed by atoms with Crippen molar-refractivity contribution in [2.24, 2.45) is 5.92 Å². The van der Waals surface area contributed by atoms with Gasteiger partial charge in [-0.05, 0) is 25.2 Å². The Hall–Kier alpha value is -1.06. The van der Waals surface area contributed by atoms with Gasteiger partial charge in [-0.1, -0.05) is 19.8 Å². The van der Waals surface area contributed by atoms with E-state index in [4.69, 9.17) is 0 Å². The van der Waals surface area contributed by atoms with E-state index in [1.54, 1.807) is 0 Å². The van der Waals surface area contributed by atoms with Crippen molar-refractivity contribution in [2.45, 2.75) is 44.6 Å². The third-order valence-corrected chi connectivity index (χ3v) is 3.43. The van der Waals surface area contributed by atoms with Gasteiger partial charge in [-0.3, -0.25) is 10.1 Å². The Labute approximate surface area is 83.4 Å². The van der Waals surface area contributed by atoms with E-state index in [0.29, 0.717) is 5.92 Å². The van der Waals surface area contributed by atoms with Gasteiger partial charge in [0.2, 0.25) is 0 Å².